The van der Waals surface area contributed by atoms with Gasteiger partial charge in [0.1, 0.15) is 0 Å². The Labute approximate surface area is 125 Å². The Balaban J connectivity index is 1.52. The molecule has 2 heterocycles. The molecular formula is C16H22N2O3. The highest BCUT2D eigenvalue weighted by molar-refractivity contribution is 5.76. The van der Waals surface area contributed by atoms with Crippen LogP contribution in [0.25, 0.3) is 0 Å². The van der Waals surface area contributed by atoms with E-state index in [9.17, 15) is 4.79 Å². The third-order valence-corrected chi connectivity index (χ3v) is 3.90. The average molecular weight is 290 g/mol. The van der Waals surface area contributed by atoms with Gasteiger partial charge in [0.2, 0.25) is 5.91 Å². The van der Waals surface area contributed by atoms with E-state index < -0.39 is 0 Å². The summed E-state index contributed by atoms with van der Waals surface area (Å²) in [5, 5.41) is 6.31. The molecule has 3 rings (SSSR count). The van der Waals surface area contributed by atoms with Crippen LogP contribution in [-0.2, 0) is 11.3 Å². The summed E-state index contributed by atoms with van der Waals surface area (Å²) in [4.78, 5) is 11.9. The molecule has 0 bridgehead atoms. The minimum Gasteiger partial charge on any atom is -0.490 e. The van der Waals surface area contributed by atoms with Crippen molar-refractivity contribution in [2.24, 2.45) is 0 Å². The number of amides is 1. The van der Waals surface area contributed by atoms with Crippen molar-refractivity contribution < 1.29 is 14.3 Å². The van der Waals surface area contributed by atoms with Gasteiger partial charge in [0, 0.05) is 25.4 Å². The van der Waals surface area contributed by atoms with E-state index in [1.54, 1.807) is 0 Å². The number of fused-ring (bicyclic) bond motifs is 1. The summed E-state index contributed by atoms with van der Waals surface area (Å²) in [5.74, 6) is 1.66. The van der Waals surface area contributed by atoms with E-state index in [1.807, 2.05) is 18.2 Å². The second-order valence-electron chi connectivity index (χ2n) is 5.61. The van der Waals surface area contributed by atoms with Gasteiger partial charge >= 0.3 is 0 Å². The van der Waals surface area contributed by atoms with Gasteiger partial charge < -0.3 is 20.1 Å². The molecule has 21 heavy (non-hydrogen) atoms. The first-order valence-corrected chi connectivity index (χ1v) is 7.70. The lowest BCUT2D eigenvalue weighted by Crippen LogP contribution is -2.31. The van der Waals surface area contributed by atoms with Gasteiger partial charge in [0.25, 0.3) is 0 Å². The van der Waals surface area contributed by atoms with Gasteiger partial charge in [-0.3, -0.25) is 4.79 Å². The zero-order valence-electron chi connectivity index (χ0n) is 12.2. The lowest BCUT2D eigenvalue weighted by Gasteiger charge is -2.12. The van der Waals surface area contributed by atoms with Crippen molar-refractivity contribution in [1.82, 2.24) is 10.6 Å². The summed E-state index contributed by atoms with van der Waals surface area (Å²) in [6.07, 6.45) is 3.72. The minimum absolute atomic E-state index is 0.0986. The Morgan fingerprint density at radius 2 is 2.10 bits per heavy atom. The molecule has 2 N–H and O–H groups in total. The van der Waals surface area contributed by atoms with Crippen molar-refractivity contribution in [3.05, 3.63) is 23.8 Å². The average Bonchev–Trinajstić information content (AvgIpc) is 2.88. The molecule has 1 aromatic carbocycles. The molecule has 5 nitrogen and oxygen atoms in total. The largest absolute Gasteiger partial charge is 0.490 e. The topological polar surface area (TPSA) is 59.6 Å². The lowest BCUT2D eigenvalue weighted by atomic mass is 10.1. The molecular weight excluding hydrogens is 268 g/mol. The molecule has 5 heteroatoms. The van der Waals surface area contributed by atoms with Crippen LogP contribution in [-0.4, -0.2) is 31.7 Å². The van der Waals surface area contributed by atoms with Crippen LogP contribution in [0.5, 0.6) is 11.5 Å². The van der Waals surface area contributed by atoms with E-state index >= 15 is 0 Å². The Hall–Kier alpha value is -1.75. The smallest absolute Gasteiger partial charge is 0.221 e. The lowest BCUT2D eigenvalue weighted by molar-refractivity contribution is -0.121. The summed E-state index contributed by atoms with van der Waals surface area (Å²) in [6, 6.07) is 6.19. The van der Waals surface area contributed by atoms with Crippen molar-refractivity contribution in [3.63, 3.8) is 0 Å². The standard InChI is InChI=1S/C16H22N2O3/c19-16(10-13-3-1-6-17-13)18-11-12-4-5-14-15(9-12)21-8-2-7-20-14/h4-5,9,13,17H,1-3,6-8,10-11H2,(H,18,19). The van der Waals surface area contributed by atoms with Gasteiger partial charge in [0.05, 0.1) is 13.2 Å². The van der Waals surface area contributed by atoms with Crippen LogP contribution in [0.4, 0.5) is 0 Å². The van der Waals surface area contributed by atoms with Crippen LogP contribution >= 0.6 is 0 Å². The molecule has 0 aromatic heterocycles. The van der Waals surface area contributed by atoms with E-state index in [0.29, 0.717) is 32.2 Å². The monoisotopic (exact) mass is 290 g/mol. The maximum Gasteiger partial charge on any atom is 0.221 e. The van der Waals surface area contributed by atoms with E-state index in [0.717, 1.165) is 36.4 Å². The minimum atomic E-state index is 0.0986. The van der Waals surface area contributed by atoms with Crippen LogP contribution in [0.2, 0.25) is 0 Å². The van der Waals surface area contributed by atoms with Gasteiger partial charge in [0.15, 0.2) is 11.5 Å². The van der Waals surface area contributed by atoms with E-state index in [4.69, 9.17) is 9.47 Å². The predicted octanol–water partition coefficient (Wildman–Crippen LogP) is 1.61. The van der Waals surface area contributed by atoms with Gasteiger partial charge in [-0.25, -0.2) is 0 Å². The number of hydrogen-bond donors (Lipinski definition) is 2. The first-order chi connectivity index (χ1) is 10.3. The van der Waals surface area contributed by atoms with E-state index in [2.05, 4.69) is 10.6 Å². The second-order valence-corrected chi connectivity index (χ2v) is 5.61. The summed E-state index contributed by atoms with van der Waals surface area (Å²) < 4.78 is 11.3. The fourth-order valence-corrected chi connectivity index (χ4v) is 2.75. The quantitative estimate of drug-likeness (QED) is 0.884. The van der Waals surface area contributed by atoms with Gasteiger partial charge in [-0.15, -0.1) is 0 Å². The number of carbonyl (C=O) groups is 1. The highest BCUT2D eigenvalue weighted by Gasteiger charge is 2.17. The zero-order chi connectivity index (χ0) is 14.5. The SMILES string of the molecule is O=C(CC1CCCN1)NCc1ccc2c(c1)OCCCO2. The molecule has 2 aliphatic rings. The Kier molecular flexibility index (Phi) is 4.60. The van der Waals surface area contributed by atoms with Crippen molar-refractivity contribution in [2.45, 2.75) is 38.3 Å². The summed E-state index contributed by atoms with van der Waals surface area (Å²) >= 11 is 0. The van der Waals surface area contributed by atoms with Crippen LogP contribution in [0, 0.1) is 0 Å². The fraction of sp³-hybridized carbons (Fsp3) is 0.562. The number of rotatable bonds is 4. The third-order valence-electron chi connectivity index (χ3n) is 3.90. The zero-order valence-corrected chi connectivity index (χ0v) is 12.2. The van der Waals surface area contributed by atoms with Crippen LogP contribution in [0.1, 0.15) is 31.2 Å². The molecule has 1 amide bonds. The predicted molar refractivity (Wildman–Crippen MR) is 79.5 cm³/mol. The maximum absolute atomic E-state index is 11.9. The number of benzene rings is 1. The second kappa shape index (κ2) is 6.80. The highest BCUT2D eigenvalue weighted by Crippen LogP contribution is 2.30. The fourth-order valence-electron chi connectivity index (χ4n) is 2.75. The summed E-state index contributed by atoms with van der Waals surface area (Å²) in [6.45, 7) is 2.93. The molecule has 114 valence electrons. The van der Waals surface area contributed by atoms with Gasteiger partial charge in [-0.2, -0.15) is 0 Å². The van der Waals surface area contributed by atoms with E-state index in [1.165, 1.54) is 6.42 Å². The molecule has 1 unspecified atom stereocenters. The molecule has 0 spiro atoms. The molecule has 0 radical (unpaired) electrons. The van der Waals surface area contributed by atoms with Gasteiger partial charge in [-0.1, -0.05) is 6.07 Å². The number of carbonyl (C=O) groups excluding carboxylic acids is 1. The first kappa shape index (κ1) is 14.2. The van der Waals surface area contributed by atoms with Crippen LogP contribution in [0.15, 0.2) is 18.2 Å². The number of hydrogen-bond acceptors (Lipinski definition) is 4. The number of ether oxygens (including phenoxy) is 2. The van der Waals surface area contributed by atoms with Crippen molar-refractivity contribution in [1.29, 1.82) is 0 Å². The van der Waals surface area contributed by atoms with Crippen molar-refractivity contribution >= 4 is 5.91 Å². The Bertz CT molecular complexity index is 498. The third kappa shape index (κ3) is 3.88. The van der Waals surface area contributed by atoms with Gasteiger partial charge in [-0.05, 0) is 37.1 Å². The molecule has 0 aliphatic carbocycles. The van der Waals surface area contributed by atoms with Crippen molar-refractivity contribution in [3.8, 4) is 11.5 Å². The molecule has 1 saturated heterocycles. The van der Waals surface area contributed by atoms with Crippen LogP contribution in [0.3, 0.4) is 0 Å². The molecule has 2 aliphatic heterocycles. The molecule has 1 fully saturated rings. The van der Waals surface area contributed by atoms with Crippen molar-refractivity contribution in [2.75, 3.05) is 19.8 Å². The van der Waals surface area contributed by atoms with Crippen LogP contribution < -0.4 is 20.1 Å². The molecule has 1 atom stereocenters. The Morgan fingerprint density at radius 1 is 1.24 bits per heavy atom. The number of nitrogens with one attached hydrogen (secondary N) is 2. The summed E-state index contributed by atoms with van der Waals surface area (Å²) in [7, 11) is 0. The summed E-state index contributed by atoms with van der Waals surface area (Å²) in [5.41, 5.74) is 1.03. The molecule has 0 saturated carbocycles. The molecule has 1 aromatic rings. The Morgan fingerprint density at radius 3 is 2.90 bits per heavy atom. The van der Waals surface area contributed by atoms with E-state index in [-0.39, 0.29) is 5.91 Å². The first-order valence-electron chi connectivity index (χ1n) is 7.70. The highest BCUT2D eigenvalue weighted by atomic mass is 16.5. The maximum atomic E-state index is 11.9. The normalized spacial score (nSPS) is 20.9.